The molecule has 11 nitrogen and oxygen atoms in total. The lowest BCUT2D eigenvalue weighted by Gasteiger charge is -2.44. The molecule has 3 aliphatic heterocycles. The zero-order valence-electron chi connectivity index (χ0n) is 17.2. The molecule has 0 bridgehead atoms. The SMILES string of the molecule is NN1C(C2CCCCC2)=C([N+](=O)[O-])C(N2CCS(=O)(=O)CC2)=NC1N1CCNCC1. The molecule has 0 radical (unpaired) electrons. The quantitative estimate of drug-likeness (QED) is 0.339. The van der Waals surface area contributed by atoms with Crippen LogP contribution in [0.25, 0.3) is 0 Å². The second-order valence-electron chi connectivity index (χ2n) is 8.46. The molecule has 0 amide bonds. The molecule has 4 rings (SSSR count). The van der Waals surface area contributed by atoms with Gasteiger partial charge >= 0.3 is 5.70 Å². The Morgan fingerprint density at radius 1 is 1.07 bits per heavy atom. The van der Waals surface area contributed by atoms with Gasteiger partial charge in [-0.1, -0.05) is 19.3 Å². The summed E-state index contributed by atoms with van der Waals surface area (Å²) >= 11 is 0. The molecule has 30 heavy (non-hydrogen) atoms. The second kappa shape index (κ2) is 8.77. The molecule has 1 atom stereocenters. The van der Waals surface area contributed by atoms with Gasteiger partial charge in [-0.3, -0.25) is 20.0 Å². The van der Waals surface area contributed by atoms with Crippen LogP contribution in [0.2, 0.25) is 0 Å². The monoisotopic (exact) mass is 441 g/mol. The average molecular weight is 442 g/mol. The van der Waals surface area contributed by atoms with Crippen LogP contribution in [0.1, 0.15) is 32.1 Å². The molecule has 0 aromatic rings. The first-order chi connectivity index (χ1) is 14.4. The fourth-order valence-corrected chi connectivity index (χ4v) is 6.08. The summed E-state index contributed by atoms with van der Waals surface area (Å²) in [7, 11) is -3.11. The minimum absolute atomic E-state index is 0.0135. The van der Waals surface area contributed by atoms with Gasteiger partial charge in [-0.2, -0.15) is 0 Å². The molecule has 0 aromatic heterocycles. The van der Waals surface area contributed by atoms with Crippen LogP contribution in [0.5, 0.6) is 0 Å². The zero-order chi connectivity index (χ0) is 21.3. The summed E-state index contributed by atoms with van der Waals surface area (Å²) < 4.78 is 23.8. The van der Waals surface area contributed by atoms with E-state index < -0.39 is 16.1 Å². The minimum Gasteiger partial charge on any atom is -0.349 e. The predicted molar refractivity (Wildman–Crippen MR) is 113 cm³/mol. The Bertz CT molecular complexity index is 817. The highest BCUT2D eigenvalue weighted by Crippen LogP contribution is 2.36. The third-order valence-corrected chi connectivity index (χ3v) is 8.12. The Morgan fingerprint density at radius 3 is 2.30 bits per heavy atom. The number of nitrogens with zero attached hydrogens (tertiary/aromatic N) is 5. The molecule has 2 saturated heterocycles. The van der Waals surface area contributed by atoms with Gasteiger partial charge in [0.15, 0.2) is 16.1 Å². The van der Waals surface area contributed by atoms with Crippen LogP contribution in [0.15, 0.2) is 16.4 Å². The molecule has 4 aliphatic rings. The van der Waals surface area contributed by atoms with Crippen LogP contribution in [0.4, 0.5) is 0 Å². The number of nitrogens with two attached hydrogens (primary N) is 1. The summed E-state index contributed by atoms with van der Waals surface area (Å²) in [5.41, 5.74) is 0.511. The van der Waals surface area contributed by atoms with E-state index in [0.717, 1.165) is 58.3 Å². The van der Waals surface area contributed by atoms with E-state index in [1.165, 1.54) is 5.01 Å². The first kappa shape index (κ1) is 21.5. The number of amidine groups is 1. The van der Waals surface area contributed by atoms with Gasteiger partial charge in [0.05, 0.1) is 16.4 Å². The highest BCUT2D eigenvalue weighted by atomic mass is 32.2. The van der Waals surface area contributed by atoms with Gasteiger partial charge in [0.1, 0.15) is 5.70 Å². The van der Waals surface area contributed by atoms with E-state index in [1.807, 2.05) is 0 Å². The summed E-state index contributed by atoms with van der Waals surface area (Å²) in [4.78, 5) is 20.5. The van der Waals surface area contributed by atoms with Crippen molar-refractivity contribution >= 4 is 15.7 Å². The zero-order valence-corrected chi connectivity index (χ0v) is 18.0. The summed E-state index contributed by atoms with van der Waals surface area (Å²) in [5, 5.41) is 17.1. The van der Waals surface area contributed by atoms with E-state index in [9.17, 15) is 18.5 Å². The Morgan fingerprint density at radius 2 is 1.70 bits per heavy atom. The Kier molecular flexibility index (Phi) is 6.28. The lowest BCUT2D eigenvalue weighted by molar-refractivity contribution is -0.419. The molecule has 3 N–H and O–H groups in total. The number of nitro groups is 1. The smallest absolute Gasteiger partial charge is 0.331 e. The van der Waals surface area contributed by atoms with Gasteiger partial charge < -0.3 is 10.2 Å². The summed E-state index contributed by atoms with van der Waals surface area (Å²) in [6.45, 7) is 3.54. The lowest BCUT2D eigenvalue weighted by atomic mass is 9.85. The van der Waals surface area contributed by atoms with Crippen molar-refractivity contribution in [3.63, 3.8) is 0 Å². The summed E-state index contributed by atoms with van der Waals surface area (Å²) in [6, 6.07) is 0. The molecule has 168 valence electrons. The number of piperazine rings is 1. The van der Waals surface area contributed by atoms with Crippen molar-refractivity contribution in [2.24, 2.45) is 16.8 Å². The number of aliphatic imine (C=N–C) groups is 1. The van der Waals surface area contributed by atoms with Crippen LogP contribution in [-0.2, 0) is 9.84 Å². The van der Waals surface area contributed by atoms with Gasteiger partial charge in [-0.25, -0.2) is 19.3 Å². The van der Waals surface area contributed by atoms with Crippen molar-refractivity contribution in [3.8, 4) is 0 Å². The largest absolute Gasteiger partial charge is 0.349 e. The maximum Gasteiger partial charge on any atom is 0.331 e. The minimum atomic E-state index is -3.11. The molecule has 3 heterocycles. The molecule has 1 aliphatic carbocycles. The second-order valence-corrected chi connectivity index (χ2v) is 10.8. The fraction of sp³-hybridized carbons (Fsp3) is 0.833. The highest BCUT2D eigenvalue weighted by molar-refractivity contribution is 7.91. The Hall–Kier alpha value is -1.76. The van der Waals surface area contributed by atoms with Crippen molar-refractivity contribution < 1.29 is 13.3 Å². The van der Waals surface area contributed by atoms with E-state index >= 15 is 0 Å². The van der Waals surface area contributed by atoms with Crippen molar-refractivity contribution in [2.75, 3.05) is 50.8 Å². The van der Waals surface area contributed by atoms with Gasteiger partial charge in [0.2, 0.25) is 5.84 Å². The van der Waals surface area contributed by atoms with Crippen molar-refractivity contribution in [3.05, 3.63) is 21.5 Å². The first-order valence-corrected chi connectivity index (χ1v) is 12.6. The standard InChI is InChI=1S/C18H31N7O4S/c19-24-15(14-4-2-1-3-5-14)16(25(26)27)17(22-10-12-30(28,29)13-11-22)21-18(24)23-8-6-20-7-9-23/h14,18,20H,1-13,19H2. The van der Waals surface area contributed by atoms with E-state index in [2.05, 4.69) is 10.2 Å². The maximum atomic E-state index is 12.2. The molecule has 1 unspecified atom stereocenters. The molecule has 0 spiro atoms. The molecular weight excluding hydrogens is 410 g/mol. The normalized spacial score (nSPS) is 29.1. The van der Waals surface area contributed by atoms with Crippen molar-refractivity contribution in [2.45, 2.75) is 38.4 Å². The van der Waals surface area contributed by atoms with E-state index in [-0.39, 0.29) is 41.1 Å². The summed E-state index contributed by atoms with van der Waals surface area (Å²) in [5.74, 6) is 6.82. The first-order valence-electron chi connectivity index (χ1n) is 10.8. The van der Waals surface area contributed by atoms with Gasteiger partial charge in [-0.15, -0.1) is 0 Å². The Labute approximate surface area is 177 Å². The molecule has 12 heteroatoms. The van der Waals surface area contributed by atoms with Crippen LogP contribution in [-0.4, -0.2) is 91.0 Å². The number of hydrogen-bond acceptors (Lipinski definition) is 10. The highest BCUT2D eigenvalue weighted by Gasteiger charge is 2.44. The van der Waals surface area contributed by atoms with Crippen molar-refractivity contribution in [1.29, 1.82) is 0 Å². The lowest BCUT2D eigenvalue weighted by Crippen LogP contribution is -2.60. The van der Waals surface area contributed by atoms with E-state index in [1.54, 1.807) is 4.90 Å². The predicted octanol–water partition coefficient (Wildman–Crippen LogP) is -0.438. The number of hydrazine groups is 1. The molecule has 3 fully saturated rings. The van der Waals surface area contributed by atoms with Crippen LogP contribution >= 0.6 is 0 Å². The van der Waals surface area contributed by atoms with Gasteiger partial charge in [0, 0.05) is 45.2 Å². The Balaban J connectivity index is 1.75. The van der Waals surface area contributed by atoms with Gasteiger partial charge in [-0.05, 0) is 12.8 Å². The third kappa shape index (κ3) is 4.32. The average Bonchev–Trinajstić information content (AvgIpc) is 2.74. The van der Waals surface area contributed by atoms with E-state index in [0.29, 0.717) is 11.5 Å². The number of nitrogens with one attached hydrogen (secondary N) is 1. The number of hydrogen-bond donors (Lipinski definition) is 2. The third-order valence-electron chi connectivity index (χ3n) is 6.52. The summed E-state index contributed by atoms with van der Waals surface area (Å²) in [6.07, 6.45) is 4.42. The number of rotatable bonds is 3. The van der Waals surface area contributed by atoms with Crippen LogP contribution in [0, 0.1) is 16.0 Å². The topological polar surface area (TPSA) is 137 Å². The maximum absolute atomic E-state index is 12.2. The fourth-order valence-electron chi connectivity index (χ4n) is 4.88. The van der Waals surface area contributed by atoms with Gasteiger partial charge in [0.25, 0.3) is 0 Å². The molecule has 1 saturated carbocycles. The van der Waals surface area contributed by atoms with E-state index in [4.69, 9.17) is 10.8 Å². The molecular formula is C18H31N7O4S. The van der Waals surface area contributed by atoms with Crippen LogP contribution < -0.4 is 11.2 Å². The number of allylic oxidation sites excluding steroid dienone is 1. The number of sulfone groups is 1. The van der Waals surface area contributed by atoms with Crippen LogP contribution in [0.3, 0.4) is 0 Å². The van der Waals surface area contributed by atoms with Crippen molar-refractivity contribution in [1.82, 2.24) is 20.1 Å². The molecule has 0 aromatic carbocycles.